The monoisotopic (exact) mass is 704 g/mol. The summed E-state index contributed by atoms with van der Waals surface area (Å²) < 4.78 is 2.39. The second kappa shape index (κ2) is 12.7. The van der Waals surface area contributed by atoms with E-state index in [4.69, 9.17) is 0 Å². The number of aromatic nitrogens is 1. The molecule has 9 aromatic rings. The SMILES string of the molecule is c1ccc(N(c2ccc(-c3ccc4c(c3)C3(CCCC3)c3ccccc3-4)cc2)c2ccc(-c3ccc4c5ccccc5n(-c5ccccc5)c4c3)cc2)cc1. The largest absolute Gasteiger partial charge is 0.311 e. The van der Waals surface area contributed by atoms with Crippen LogP contribution in [0.1, 0.15) is 36.8 Å². The van der Waals surface area contributed by atoms with Gasteiger partial charge >= 0.3 is 0 Å². The highest BCUT2D eigenvalue weighted by Crippen LogP contribution is 2.57. The molecule has 1 spiro atoms. The number of hydrogen-bond donors (Lipinski definition) is 0. The Labute approximate surface area is 322 Å². The molecule has 262 valence electrons. The maximum Gasteiger partial charge on any atom is 0.0547 e. The van der Waals surface area contributed by atoms with E-state index in [0.717, 1.165) is 17.1 Å². The van der Waals surface area contributed by atoms with Gasteiger partial charge in [0.25, 0.3) is 0 Å². The number of nitrogens with zero attached hydrogens (tertiary/aromatic N) is 2. The van der Waals surface area contributed by atoms with E-state index in [1.54, 1.807) is 0 Å². The molecule has 2 nitrogen and oxygen atoms in total. The van der Waals surface area contributed by atoms with Gasteiger partial charge < -0.3 is 9.47 Å². The highest BCUT2D eigenvalue weighted by atomic mass is 15.1. The Morgan fingerprint density at radius 2 is 0.909 bits per heavy atom. The van der Waals surface area contributed by atoms with Crippen LogP contribution in [0.5, 0.6) is 0 Å². The summed E-state index contributed by atoms with van der Waals surface area (Å²) in [5.74, 6) is 0. The molecule has 55 heavy (non-hydrogen) atoms. The van der Waals surface area contributed by atoms with Gasteiger partial charge in [0, 0.05) is 38.9 Å². The van der Waals surface area contributed by atoms with Crippen LogP contribution in [0.4, 0.5) is 17.1 Å². The van der Waals surface area contributed by atoms with Gasteiger partial charge in [-0.2, -0.15) is 0 Å². The summed E-state index contributed by atoms with van der Waals surface area (Å²) >= 11 is 0. The fraction of sp³-hybridized carbons (Fsp3) is 0.0943. The lowest BCUT2D eigenvalue weighted by molar-refractivity contribution is 0.550. The van der Waals surface area contributed by atoms with Crippen LogP contribution in [-0.4, -0.2) is 4.57 Å². The number of rotatable bonds is 6. The molecule has 0 bridgehead atoms. The predicted molar refractivity (Wildman–Crippen MR) is 231 cm³/mol. The van der Waals surface area contributed by atoms with Gasteiger partial charge in [0.15, 0.2) is 0 Å². The second-order valence-corrected chi connectivity index (χ2v) is 15.3. The number of hydrogen-bond acceptors (Lipinski definition) is 1. The molecular weight excluding hydrogens is 665 g/mol. The van der Waals surface area contributed by atoms with Crippen LogP contribution in [0.25, 0.3) is 60.9 Å². The van der Waals surface area contributed by atoms with Crippen molar-refractivity contribution in [2.75, 3.05) is 4.90 Å². The van der Waals surface area contributed by atoms with E-state index in [2.05, 4.69) is 204 Å². The summed E-state index contributed by atoms with van der Waals surface area (Å²) in [7, 11) is 0. The van der Waals surface area contributed by atoms with E-state index in [-0.39, 0.29) is 5.41 Å². The van der Waals surface area contributed by atoms with Gasteiger partial charge in [0.1, 0.15) is 0 Å². The number of para-hydroxylation sites is 3. The lowest BCUT2D eigenvalue weighted by Gasteiger charge is -2.27. The normalized spacial score (nSPS) is 14.0. The first-order valence-corrected chi connectivity index (χ1v) is 19.6. The third-order valence-corrected chi connectivity index (χ3v) is 12.3. The van der Waals surface area contributed by atoms with Crippen molar-refractivity contribution in [3.05, 3.63) is 205 Å². The van der Waals surface area contributed by atoms with Crippen LogP contribution in [0.15, 0.2) is 194 Å². The Balaban J connectivity index is 0.944. The quantitative estimate of drug-likeness (QED) is 0.167. The summed E-state index contributed by atoms with van der Waals surface area (Å²) in [5.41, 5.74) is 18.0. The first-order valence-electron chi connectivity index (χ1n) is 19.6. The maximum absolute atomic E-state index is 2.50. The molecule has 11 rings (SSSR count). The van der Waals surface area contributed by atoms with Crippen molar-refractivity contribution < 1.29 is 0 Å². The first-order chi connectivity index (χ1) is 27.2. The van der Waals surface area contributed by atoms with Crippen molar-refractivity contribution >= 4 is 38.9 Å². The lowest BCUT2D eigenvalue weighted by atomic mass is 9.76. The molecule has 0 radical (unpaired) electrons. The van der Waals surface area contributed by atoms with E-state index in [0.29, 0.717) is 0 Å². The van der Waals surface area contributed by atoms with Gasteiger partial charge in [-0.05, 0) is 124 Å². The molecule has 0 amide bonds. The van der Waals surface area contributed by atoms with Gasteiger partial charge in [-0.3, -0.25) is 0 Å². The molecule has 1 aromatic heterocycles. The minimum Gasteiger partial charge on any atom is -0.311 e. The zero-order chi connectivity index (χ0) is 36.3. The topological polar surface area (TPSA) is 8.17 Å². The van der Waals surface area contributed by atoms with Crippen LogP contribution < -0.4 is 4.90 Å². The van der Waals surface area contributed by atoms with Crippen LogP contribution in [0, 0.1) is 0 Å². The van der Waals surface area contributed by atoms with Crippen LogP contribution in [0.2, 0.25) is 0 Å². The number of anilines is 3. The van der Waals surface area contributed by atoms with Crippen molar-refractivity contribution in [3.63, 3.8) is 0 Å². The van der Waals surface area contributed by atoms with Crippen molar-refractivity contribution in [2.45, 2.75) is 31.1 Å². The van der Waals surface area contributed by atoms with Crippen LogP contribution in [-0.2, 0) is 5.41 Å². The van der Waals surface area contributed by atoms with Crippen molar-refractivity contribution in [1.82, 2.24) is 4.57 Å². The molecule has 2 aliphatic carbocycles. The van der Waals surface area contributed by atoms with E-state index < -0.39 is 0 Å². The van der Waals surface area contributed by atoms with Gasteiger partial charge in [-0.1, -0.05) is 140 Å². The molecule has 0 saturated heterocycles. The molecule has 1 saturated carbocycles. The fourth-order valence-electron chi connectivity index (χ4n) is 9.79. The molecule has 1 heterocycles. The number of fused-ring (bicyclic) bond motifs is 8. The lowest BCUT2D eigenvalue weighted by Crippen LogP contribution is -2.20. The Bertz CT molecular complexity index is 2840. The third kappa shape index (κ3) is 5.09. The summed E-state index contributed by atoms with van der Waals surface area (Å²) in [4.78, 5) is 2.36. The molecule has 8 aromatic carbocycles. The average molecular weight is 705 g/mol. The Kier molecular flexibility index (Phi) is 7.38. The average Bonchev–Trinajstić information content (AvgIpc) is 3.96. The Morgan fingerprint density at radius 3 is 1.64 bits per heavy atom. The molecule has 0 aliphatic heterocycles. The minimum absolute atomic E-state index is 0.171. The molecule has 0 atom stereocenters. The Morgan fingerprint density at radius 1 is 0.382 bits per heavy atom. The van der Waals surface area contributed by atoms with Gasteiger partial charge in [-0.25, -0.2) is 0 Å². The molecule has 0 N–H and O–H groups in total. The molecule has 2 heteroatoms. The zero-order valence-electron chi connectivity index (χ0n) is 30.7. The molecule has 1 fully saturated rings. The van der Waals surface area contributed by atoms with Gasteiger partial charge in [0.05, 0.1) is 11.0 Å². The smallest absolute Gasteiger partial charge is 0.0547 e. The van der Waals surface area contributed by atoms with Crippen LogP contribution >= 0.6 is 0 Å². The van der Waals surface area contributed by atoms with Crippen molar-refractivity contribution in [1.29, 1.82) is 0 Å². The predicted octanol–water partition coefficient (Wildman–Crippen LogP) is 14.4. The Hall–Kier alpha value is -6.64. The fourth-order valence-corrected chi connectivity index (χ4v) is 9.79. The van der Waals surface area contributed by atoms with Crippen molar-refractivity contribution in [2.24, 2.45) is 0 Å². The summed E-state index contributed by atoms with van der Waals surface area (Å²) in [6.45, 7) is 0. The molecule has 2 aliphatic rings. The molecular formula is C53H40N2. The minimum atomic E-state index is 0.171. The third-order valence-electron chi connectivity index (χ3n) is 12.3. The van der Waals surface area contributed by atoms with Crippen LogP contribution in [0.3, 0.4) is 0 Å². The van der Waals surface area contributed by atoms with Gasteiger partial charge in [0.2, 0.25) is 0 Å². The zero-order valence-corrected chi connectivity index (χ0v) is 30.7. The molecule has 0 unspecified atom stereocenters. The highest BCUT2D eigenvalue weighted by Gasteiger charge is 2.44. The van der Waals surface area contributed by atoms with Gasteiger partial charge in [-0.15, -0.1) is 0 Å². The summed E-state index contributed by atoms with van der Waals surface area (Å²) in [5, 5.41) is 2.54. The summed E-state index contributed by atoms with van der Waals surface area (Å²) in [6.07, 6.45) is 5.10. The second-order valence-electron chi connectivity index (χ2n) is 15.3. The number of benzene rings is 8. The standard InChI is InChI=1S/C53H40N2/c1-3-13-41(14-4-1)54(43-27-21-37(22-28-43)39-25-31-46-45-17-7-9-19-49(45)53(50(46)35-39)33-11-12-34-53)44-29-23-38(24-30-44)40-26-32-48-47-18-8-10-20-51(47)55(52(48)36-40)42-15-5-2-6-16-42/h1-10,13-32,35-36H,11-12,33-34H2. The van der Waals surface area contributed by atoms with Crippen molar-refractivity contribution in [3.8, 4) is 39.1 Å². The van der Waals surface area contributed by atoms with E-state index in [1.807, 2.05) is 0 Å². The first kappa shape index (κ1) is 31.8. The van der Waals surface area contributed by atoms with E-state index >= 15 is 0 Å². The van der Waals surface area contributed by atoms with E-state index in [1.165, 1.54) is 97.7 Å². The summed E-state index contributed by atoms with van der Waals surface area (Å²) in [6, 6.07) is 71.5. The highest BCUT2D eigenvalue weighted by molar-refractivity contribution is 6.10. The van der Waals surface area contributed by atoms with E-state index in [9.17, 15) is 0 Å². The maximum atomic E-state index is 2.50.